The van der Waals surface area contributed by atoms with Crippen LogP contribution >= 0.6 is 0 Å². The smallest absolute Gasteiger partial charge is 0.268 e. The Balaban J connectivity index is 1.97. The Morgan fingerprint density at radius 2 is 1.79 bits per heavy atom. The Labute approximate surface area is 166 Å². The van der Waals surface area contributed by atoms with E-state index in [4.69, 9.17) is 0 Å². The Bertz CT molecular complexity index is 958. The van der Waals surface area contributed by atoms with E-state index in [1.54, 1.807) is 37.7 Å². The highest BCUT2D eigenvalue weighted by Gasteiger charge is 2.33. The summed E-state index contributed by atoms with van der Waals surface area (Å²) < 4.78 is 29.8. The normalized spacial score (nSPS) is 15.0. The molecule has 0 aliphatic heterocycles. The van der Waals surface area contributed by atoms with Gasteiger partial charge in [-0.3, -0.25) is 13.8 Å². The van der Waals surface area contributed by atoms with Crippen LogP contribution in [-0.2, 0) is 21.9 Å². The molecule has 1 saturated carbocycles. The number of nitrogens with one attached hydrogen (secondary N) is 1. The van der Waals surface area contributed by atoms with Crippen LogP contribution in [0.2, 0.25) is 0 Å². The van der Waals surface area contributed by atoms with Crippen LogP contribution in [-0.4, -0.2) is 36.7 Å². The number of carbonyl (C=O) groups excluding carboxylic acids is 1. The van der Waals surface area contributed by atoms with Gasteiger partial charge >= 0.3 is 0 Å². The number of aryl methyl sites for hydroxylation is 3. The van der Waals surface area contributed by atoms with E-state index in [-0.39, 0.29) is 23.4 Å². The predicted octanol–water partition coefficient (Wildman–Crippen LogP) is 2.60. The van der Waals surface area contributed by atoms with Gasteiger partial charge in [0.15, 0.2) is 0 Å². The summed E-state index contributed by atoms with van der Waals surface area (Å²) in [5.41, 5.74) is 2.46. The van der Waals surface area contributed by atoms with Gasteiger partial charge in [-0.1, -0.05) is 30.5 Å². The summed E-state index contributed by atoms with van der Waals surface area (Å²) in [7, 11) is -2.23. The number of anilines is 1. The molecule has 1 N–H and O–H groups in total. The van der Waals surface area contributed by atoms with E-state index >= 15 is 0 Å². The van der Waals surface area contributed by atoms with Crippen LogP contribution in [0.15, 0.2) is 29.2 Å². The maximum atomic E-state index is 13.5. The molecule has 1 aromatic carbocycles. The van der Waals surface area contributed by atoms with E-state index < -0.39 is 10.0 Å². The molecular formula is C20H28N4O3S. The molecule has 0 bridgehead atoms. The molecule has 1 fully saturated rings. The number of nitrogens with zero attached hydrogens (tertiary/aromatic N) is 3. The van der Waals surface area contributed by atoms with E-state index in [0.29, 0.717) is 17.1 Å². The van der Waals surface area contributed by atoms with Crippen LogP contribution in [0.3, 0.4) is 0 Å². The van der Waals surface area contributed by atoms with E-state index in [9.17, 15) is 13.2 Å². The van der Waals surface area contributed by atoms with Crippen molar-refractivity contribution in [1.82, 2.24) is 15.1 Å². The number of hydrogen-bond acceptors (Lipinski definition) is 4. The number of rotatable bonds is 6. The third-order valence-corrected chi connectivity index (χ3v) is 7.35. The minimum Gasteiger partial charge on any atom is -0.352 e. The van der Waals surface area contributed by atoms with Crippen molar-refractivity contribution in [3.63, 3.8) is 0 Å². The van der Waals surface area contributed by atoms with E-state index in [1.807, 2.05) is 19.1 Å². The fourth-order valence-corrected chi connectivity index (χ4v) is 5.56. The van der Waals surface area contributed by atoms with Gasteiger partial charge in [0.05, 0.1) is 17.1 Å². The third-order valence-electron chi connectivity index (χ3n) is 5.32. The van der Waals surface area contributed by atoms with Gasteiger partial charge in [0.25, 0.3) is 10.0 Å². The topological polar surface area (TPSA) is 84.3 Å². The van der Waals surface area contributed by atoms with Gasteiger partial charge in [0.2, 0.25) is 5.91 Å². The van der Waals surface area contributed by atoms with E-state index in [1.165, 1.54) is 4.31 Å². The third kappa shape index (κ3) is 4.06. The van der Waals surface area contributed by atoms with Gasteiger partial charge in [-0.25, -0.2) is 8.42 Å². The van der Waals surface area contributed by atoms with Gasteiger partial charge < -0.3 is 5.32 Å². The first-order valence-corrected chi connectivity index (χ1v) is 11.0. The van der Waals surface area contributed by atoms with Crippen molar-refractivity contribution in [2.24, 2.45) is 7.05 Å². The van der Waals surface area contributed by atoms with Gasteiger partial charge in [0.1, 0.15) is 11.4 Å². The minimum atomic E-state index is -3.95. The van der Waals surface area contributed by atoms with Crippen LogP contribution in [0, 0.1) is 20.8 Å². The summed E-state index contributed by atoms with van der Waals surface area (Å²) in [5, 5.41) is 7.22. The van der Waals surface area contributed by atoms with Crippen LogP contribution in [0.1, 0.15) is 42.6 Å². The molecule has 1 heterocycles. The molecule has 1 aromatic heterocycles. The molecule has 1 aliphatic carbocycles. The average Bonchev–Trinajstić information content (AvgIpc) is 3.21. The molecule has 0 unspecified atom stereocenters. The molecule has 0 radical (unpaired) electrons. The second-order valence-electron chi connectivity index (χ2n) is 7.52. The monoisotopic (exact) mass is 404 g/mol. The summed E-state index contributed by atoms with van der Waals surface area (Å²) in [6, 6.07) is 7.29. The quantitative estimate of drug-likeness (QED) is 0.802. The fraction of sp³-hybridized carbons (Fsp3) is 0.500. The largest absolute Gasteiger partial charge is 0.352 e. The average molecular weight is 405 g/mol. The molecule has 0 spiro atoms. The summed E-state index contributed by atoms with van der Waals surface area (Å²) in [5.74, 6) is -0.282. The number of amides is 1. The van der Waals surface area contributed by atoms with Crippen molar-refractivity contribution in [2.45, 2.75) is 57.4 Å². The number of hydrogen-bond donors (Lipinski definition) is 1. The molecule has 152 valence electrons. The highest BCUT2D eigenvalue weighted by molar-refractivity contribution is 7.93. The van der Waals surface area contributed by atoms with Crippen LogP contribution < -0.4 is 9.62 Å². The molecule has 0 saturated heterocycles. The maximum absolute atomic E-state index is 13.5. The maximum Gasteiger partial charge on any atom is 0.268 e. The highest BCUT2D eigenvalue weighted by atomic mass is 32.2. The molecule has 7 nitrogen and oxygen atoms in total. The summed E-state index contributed by atoms with van der Waals surface area (Å²) in [6.07, 6.45) is 4.09. The molecule has 1 aliphatic rings. The zero-order valence-corrected chi connectivity index (χ0v) is 17.7. The first-order valence-electron chi connectivity index (χ1n) is 9.59. The predicted molar refractivity (Wildman–Crippen MR) is 109 cm³/mol. The molecule has 0 atom stereocenters. The number of aromatic nitrogens is 2. The van der Waals surface area contributed by atoms with Gasteiger partial charge in [-0.2, -0.15) is 5.10 Å². The fourth-order valence-electron chi connectivity index (χ4n) is 3.74. The Hall–Kier alpha value is -2.35. The van der Waals surface area contributed by atoms with Gasteiger partial charge in [-0.15, -0.1) is 0 Å². The second kappa shape index (κ2) is 7.95. The Morgan fingerprint density at radius 3 is 2.32 bits per heavy atom. The van der Waals surface area contributed by atoms with Crippen LogP contribution in [0.4, 0.5) is 5.69 Å². The van der Waals surface area contributed by atoms with Crippen molar-refractivity contribution in [3.8, 4) is 0 Å². The Kier molecular flexibility index (Phi) is 5.79. The molecule has 8 heteroatoms. The van der Waals surface area contributed by atoms with Crippen molar-refractivity contribution < 1.29 is 13.2 Å². The molecule has 3 rings (SSSR count). The molecule has 28 heavy (non-hydrogen) atoms. The number of carbonyl (C=O) groups is 1. The second-order valence-corrected chi connectivity index (χ2v) is 9.32. The van der Waals surface area contributed by atoms with Crippen LogP contribution in [0.25, 0.3) is 0 Å². The van der Waals surface area contributed by atoms with E-state index in [2.05, 4.69) is 10.4 Å². The lowest BCUT2D eigenvalue weighted by Crippen LogP contribution is -2.43. The minimum absolute atomic E-state index is 0.136. The molecular weight excluding hydrogens is 376 g/mol. The number of benzene rings is 1. The van der Waals surface area contributed by atoms with Crippen molar-refractivity contribution >= 4 is 21.6 Å². The standard InChI is InChI=1S/C20H28N4O3S/c1-14-9-11-18(12-10-14)24(13-19(25)21-17-7-5-6-8-17)28(26,27)20-15(2)22-23(4)16(20)3/h9-12,17H,5-8,13H2,1-4H3,(H,21,25). The lowest BCUT2D eigenvalue weighted by Gasteiger charge is -2.25. The molecule has 2 aromatic rings. The van der Waals surface area contributed by atoms with E-state index in [0.717, 1.165) is 31.2 Å². The summed E-state index contributed by atoms with van der Waals surface area (Å²) in [4.78, 5) is 12.8. The summed E-state index contributed by atoms with van der Waals surface area (Å²) >= 11 is 0. The van der Waals surface area contributed by atoms with Gasteiger partial charge in [0, 0.05) is 13.1 Å². The van der Waals surface area contributed by atoms with Crippen molar-refractivity contribution in [2.75, 3.05) is 10.8 Å². The SMILES string of the molecule is Cc1ccc(N(CC(=O)NC2CCCC2)S(=O)(=O)c2c(C)nn(C)c2C)cc1. The zero-order chi connectivity index (χ0) is 20.5. The Morgan fingerprint density at radius 1 is 1.18 bits per heavy atom. The highest BCUT2D eigenvalue weighted by Crippen LogP contribution is 2.28. The summed E-state index contributed by atoms with van der Waals surface area (Å²) in [6.45, 7) is 5.07. The zero-order valence-electron chi connectivity index (χ0n) is 16.9. The lowest BCUT2D eigenvalue weighted by molar-refractivity contribution is -0.120. The lowest BCUT2D eigenvalue weighted by atomic mass is 10.2. The molecule has 1 amide bonds. The van der Waals surface area contributed by atoms with Gasteiger partial charge in [-0.05, 0) is 45.7 Å². The number of sulfonamides is 1. The first-order chi connectivity index (χ1) is 13.2. The van der Waals surface area contributed by atoms with Crippen LogP contribution in [0.5, 0.6) is 0 Å². The first kappa shape index (κ1) is 20.4. The van der Waals surface area contributed by atoms with Crippen molar-refractivity contribution in [1.29, 1.82) is 0 Å². The van der Waals surface area contributed by atoms with Crippen molar-refractivity contribution in [3.05, 3.63) is 41.2 Å².